The van der Waals surface area contributed by atoms with Crippen molar-refractivity contribution in [2.24, 2.45) is 16.8 Å². The van der Waals surface area contributed by atoms with Crippen LogP contribution in [-0.4, -0.2) is 62.6 Å². The predicted octanol–water partition coefficient (Wildman–Crippen LogP) is 1.87. The van der Waals surface area contributed by atoms with E-state index in [1.807, 2.05) is 18.2 Å². The first kappa shape index (κ1) is 17.0. The van der Waals surface area contributed by atoms with Crippen molar-refractivity contribution in [1.82, 2.24) is 10.2 Å². The molecule has 7 nitrogen and oxygen atoms in total. The number of fused-ring (bicyclic) bond motifs is 6. The number of nitrogens with one attached hydrogen (secondary N) is 1. The molecule has 27 heavy (non-hydrogen) atoms. The van der Waals surface area contributed by atoms with E-state index >= 15 is 0 Å². The highest BCUT2D eigenvalue weighted by molar-refractivity contribution is 5.80. The Morgan fingerprint density at radius 2 is 1.96 bits per heavy atom. The Morgan fingerprint density at radius 3 is 2.74 bits per heavy atom. The van der Waals surface area contributed by atoms with E-state index in [0.717, 1.165) is 42.8 Å². The number of hydrogen-bond acceptors (Lipinski definition) is 5. The first-order valence-corrected chi connectivity index (χ1v) is 10.0. The third-order valence-electron chi connectivity index (χ3n) is 6.05. The summed E-state index contributed by atoms with van der Waals surface area (Å²) in [4.78, 5) is 7.20. The third-order valence-corrected chi connectivity index (χ3v) is 6.05. The molecule has 4 heterocycles. The smallest absolute Gasteiger partial charge is 0.231 e. The van der Waals surface area contributed by atoms with Crippen molar-refractivity contribution in [1.29, 1.82) is 0 Å². The Balaban J connectivity index is 1.17. The average molecular weight is 373 g/mol. The van der Waals surface area contributed by atoms with Crippen LogP contribution in [-0.2, 0) is 4.74 Å². The Bertz CT molecular complexity index is 707. The molecule has 1 aromatic carbocycles. The number of aliphatic imine (C=N–C) groups is 1. The predicted molar refractivity (Wildman–Crippen MR) is 100 cm³/mol. The lowest BCUT2D eigenvalue weighted by molar-refractivity contribution is 0.0767. The second kappa shape index (κ2) is 7.11. The fourth-order valence-electron chi connectivity index (χ4n) is 4.84. The summed E-state index contributed by atoms with van der Waals surface area (Å²) in [6, 6.07) is 5.65. The number of benzene rings is 1. The third kappa shape index (κ3) is 3.18. The van der Waals surface area contributed by atoms with Gasteiger partial charge in [0.15, 0.2) is 17.5 Å². The molecule has 3 saturated heterocycles. The Labute approximate surface area is 159 Å². The van der Waals surface area contributed by atoms with Gasteiger partial charge in [-0.2, -0.15) is 0 Å². The van der Waals surface area contributed by atoms with Gasteiger partial charge in [0.2, 0.25) is 6.79 Å². The molecule has 3 fully saturated rings. The highest BCUT2D eigenvalue weighted by Gasteiger charge is 2.53. The lowest BCUT2D eigenvalue weighted by Crippen LogP contribution is -2.41. The summed E-state index contributed by atoms with van der Waals surface area (Å²) in [6.07, 6.45) is 3.41. The van der Waals surface area contributed by atoms with E-state index in [1.54, 1.807) is 0 Å². The number of likely N-dealkylation sites (tertiary alicyclic amines) is 1. The fourth-order valence-corrected chi connectivity index (χ4v) is 4.84. The van der Waals surface area contributed by atoms with Gasteiger partial charge in [0, 0.05) is 37.5 Å². The van der Waals surface area contributed by atoms with Gasteiger partial charge in [-0.3, -0.25) is 0 Å². The van der Waals surface area contributed by atoms with Crippen molar-refractivity contribution in [2.45, 2.75) is 32.0 Å². The van der Waals surface area contributed by atoms with Crippen LogP contribution in [0.25, 0.3) is 0 Å². The SMILES string of the molecule is CCNC(=NCCOc1ccc2c(c1)OCO2)N1CC2C3CCC(O3)C2C1. The van der Waals surface area contributed by atoms with Gasteiger partial charge < -0.3 is 29.2 Å². The van der Waals surface area contributed by atoms with Crippen LogP contribution >= 0.6 is 0 Å². The number of nitrogens with zero attached hydrogens (tertiary/aromatic N) is 2. The molecular weight excluding hydrogens is 346 g/mol. The van der Waals surface area contributed by atoms with Gasteiger partial charge >= 0.3 is 0 Å². The molecule has 7 heteroatoms. The zero-order chi connectivity index (χ0) is 18.2. The molecule has 0 amide bonds. The van der Waals surface area contributed by atoms with Gasteiger partial charge in [-0.25, -0.2) is 4.99 Å². The van der Waals surface area contributed by atoms with Gasteiger partial charge in [-0.15, -0.1) is 0 Å². The fraction of sp³-hybridized carbons (Fsp3) is 0.650. The lowest BCUT2D eigenvalue weighted by Gasteiger charge is -2.23. The van der Waals surface area contributed by atoms with Crippen LogP contribution in [0.2, 0.25) is 0 Å². The summed E-state index contributed by atoms with van der Waals surface area (Å²) in [5.41, 5.74) is 0. The van der Waals surface area contributed by atoms with E-state index in [9.17, 15) is 0 Å². The monoisotopic (exact) mass is 373 g/mol. The van der Waals surface area contributed by atoms with E-state index < -0.39 is 0 Å². The minimum Gasteiger partial charge on any atom is -0.492 e. The average Bonchev–Trinajstić information content (AvgIpc) is 3.45. The lowest BCUT2D eigenvalue weighted by atomic mass is 9.82. The van der Waals surface area contributed by atoms with Gasteiger partial charge in [-0.05, 0) is 31.9 Å². The summed E-state index contributed by atoms with van der Waals surface area (Å²) in [7, 11) is 0. The second-order valence-corrected chi connectivity index (χ2v) is 7.62. The van der Waals surface area contributed by atoms with Gasteiger partial charge in [-0.1, -0.05) is 0 Å². The summed E-state index contributed by atoms with van der Waals surface area (Å²) in [6.45, 7) is 6.52. The quantitative estimate of drug-likeness (QED) is 0.483. The van der Waals surface area contributed by atoms with E-state index in [0.29, 0.717) is 37.2 Å². The number of rotatable bonds is 5. The summed E-state index contributed by atoms with van der Waals surface area (Å²) in [5, 5.41) is 3.44. The zero-order valence-corrected chi connectivity index (χ0v) is 15.7. The normalized spacial score (nSPS) is 30.7. The van der Waals surface area contributed by atoms with Crippen LogP contribution < -0.4 is 19.5 Å². The molecule has 0 aromatic heterocycles. The van der Waals surface area contributed by atoms with Gasteiger partial charge in [0.25, 0.3) is 0 Å². The molecule has 4 aliphatic heterocycles. The number of guanidine groups is 1. The minimum absolute atomic E-state index is 0.277. The molecule has 0 radical (unpaired) electrons. The maximum atomic E-state index is 6.08. The summed E-state index contributed by atoms with van der Waals surface area (Å²) in [5.74, 6) is 4.65. The molecule has 4 aliphatic rings. The van der Waals surface area contributed by atoms with Crippen molar-refractivity contribution >= 4 is 5.96 Å². The Kier molecular flexibility index (Phi) is 4.47. The van der Waals surface area contributed by atoms with Crippen LogP contribution in [0.5, 0.6) is 17.2 Å². The topological polar surface area (TPSA) is 64.6 Å². The largest absolute Gasteiger partial charge is 0.492 e. The molecule has 0 saturated carbocycles. The highest BCUT2D eigenvalue weighted by atomic mass is 16.7. The molecule has 1 aromatic rings. The minimum atomic E-state index is 0.277. The first-order chi connectivity index (χ1) is 13.3. The molecular formula is C20H27N3O4. The van der Waals surface area contributed by atoms with Crippen molar-refractivity contribution in [3.8, 4) is 17.2 Å². The van der Waals surface area contributed by atoms with Gasteiger partial charge in [0.05, 0.1) is 18.8 Å². The van der Waals surface area contributed by atoms with Gasteiger partial charge in [0.1, 0.15) is 12.4 Å². The van der Waals surface area contributed by atoms with E-state index in [4.69, 9.17) is 23.9 Å². The van der Waals surface area contributed by atoms with Crippen LogP contribution in [0.3, 0.4) is 0 Å². The first-order valence-electron chi connectivity index (χ1n) is 10.0. The van der Waals surface area contributed by atoms with Crippen molar-refractivity contribution in [3.63, 3.8) is 0 Å². The van der Waals surface area contributed by atoms with Crippen LogP contribution in [0.15, 0.2) is 23.2 Å². The van der Waals surface area contributed by atoms with Crippen molar-refractivity contribution < 1.29 is 18.9 Å². The van der Waals surface area contributed by atoms with E-state index in [1.165, 1.54) is 12.8 Å². The van der Waals surface area contributed by atoms with Crippen molar-refractivity contribution in [3.05, 3.63) is 18.2 Å². The number of hydrogen-bond donors (Lipinski definition) is 1. The zero-order valence-electron chi connectivity index (χ0n) is 15.7. The molecule has 5 rings (SSSR count). The van der Waals surface area contributed by atoms with E-state index in [-0.39, 0.29) is 6.79 Å². The molecule has 2 bridgehead atoms. The maximum Gasteiger partial charge on any atom is 0.231 e. The molecule has 4 atom stereocenters. The highest BCUT2D eigenvalue weighted by Crippen LogP contribution is 2.47. The summed E-state index contributed by atoms with van der Waals surface area (Å²) >= 11 is 0. The summed E-state index contributed by atoms with van der Waals surface area (Å²) < 4.78 is 22.6. The van der Waals surface area contributed by atoms with Crippen LogP contribution in [0.4, 0.5) is 0 Å². The number of ether oxygens (including phenoxy) is 4. The molecule has 0 spiro atoms. The van der Waals surface area contributed by atoms with Crippen LogP contribution in [0, 0.1) is 11.8 Å². The molecule has 0 aliphatic carbocycles. The molecule has 146 valence electrons. The Hall–Kier alpha value is -2.15. The molecule has 1 N–H and O–H groups in total. The Morgan fingerprint density at radius 1 is 1.19 bits per heavy atom. The second-order valence-electron chi connectivity index (χ2n) is 7.62. The van der Waals surface area contributed by atoms with Crippen molar-refractivity contribution in [2.75, 3.05) is 39.6 Å². The standard InChI is InChI=1S/C20H27N3O4/c1-2-21-20(23-10-14-15(11-23)17-6-5-16(14)27-17)22-7-8-24-13-3-4-18-19(9-13)26-12-25-18/h3-4,9,14-17H,2,5-8,10-12H2,1H3,(H,21,22). The van der Waals surface area contributed by atoms with E-state index in [2.05, 4.69) is 17.1 Å². The molecule has 4 unspecified atom stereocenters. The van der Waals surface area contributed by atoms with Crippen LogP contribution in [0.1, 0.15) is 19.8 Å². The maximum absolute atomic E-state index is 6.08.